The number of methoxy groups -OCH3 is 1. The highest BCUT2D eigenvalue weighted by Crippen LogP contribution is 2.25. The molecule has 0 radical (unpaired) electrons. The molecule has 0 spiro atoms. The number of esters is 1. The first-order valence-corrected chi connectivity index (χ1v) is 6.53. The van der Waals surface area contributed by atoms with E-state index in [1.165, 1.54) is 7.11 Å². The van der Waals surface area contributed by atoms with Crippen LogP contribution in [-0.4, -0.2) is 25.2 Å². The SMILES string of the molecule is COC(=O)CC(c1ccc(OC(C)C)cc1)C(C)N. The Labute approximate surface area is 114 Å². The molecule has 0 aliphatic rings. The Kier molecular flexibility index (Phi) is 5.83. The van der Waals surface area contributed by atoms with Gasteiger partial charge in [0.25, 0.3) is 0 Å². The number of ether oxygens (including phenoxy) is 2. The van der Waals surface area contributed by atoms with E-state index >= 15 is 0 Å². The van der Waals surface area contributed by atoms with Crippen LogP contribution in [0.3, 0.4) is 0 Å². The quantitative estimate of drug-likeness (QED) is 0.803. The highest BCUT2D eigenvalue weighted by molar-refractivity contribution is 5.70. The van der Waals surface area contributed by atoms with Gasteiger partial charge in [-0.3, -0.25) is 4.79 Å². The average molecular weight is 265 g/mol. The molecule has 0 saturated carbocycles. The van der Waals surface area contributed by atoms with Crippen molar-refractivity contribution in [3.63, 3.8) is 0 Å². The van der Waals surface area contributed by atoms with Crippen molar-refractivity contribution >= 4 is 5.97 Å². The van der Waals surface area contributed by atoms with Gasteiger partial charge in [0.1, 0.15) is 5.75 Å². The second-order valence-corrected chi connectivity index (χ2v) is 4.98. The Hall–Kier alpha value is -1.55. The van der Waals surface area contributed by atoms with Crippen LogP contribution in [0.4, 0.5) is 0 Å². The standard InChI is InChI=1S/C15H23NO3/c1-10(2)19-13-7-5-12(6-8-13)14(11(3)16)9-15(17)18-4/h5-8,10-11,14H,9,16H2,1-4H3. The van der Waals surface area contributed by atoms with E-state index < -0.39 is 0 Å². The van der Waals surface area contributed by atoms with Crippen molar-refractivity contribution in [1.29, 1.82) is 0 Å². The molecule has 0 amide bonds. The summed E-state index contributed by atoms with van der Waals surface area (Å²) in [6.07, 6.45) is 0.434. The molecular weight excluding hydrogens is 242 g/mol. The fraction of sp³-hybridized carbons (Fsp3) is 0.533. The molecular formula is C15H23NO3. The molecule has 2 unspecified atom stereocenters. The number of hydrogen-bond donors (Lipinski definition) is 1. The summed E-state index contributed by atoms with van der Waals surface area (Å²) >= 11 is 0. The van der Waals surface area contributed by atoms with Crippen LogP contribution in [0.5, 0.6) is 5.75 Å². The van der Waals surface area contributed by atoms with Crippen LogP contribution in [0.15, 0.2) is 24.3 Å². The van der Waals surface area contributed by atoms with Gasteiger partial charge in [0.05, 0.1) is 19.6 Å². The molecule has 1 aromatic rings. The van der Waals surface area contributed by atoms with Crippen LogP contribution in [-0.2, 0) is 9.53 Å². The van der Waals surface area contributed by atoms with E-state index in [9.17, 15) is 4.79 Å². The lowest BCUT2D eigenvalue weighted by atomic mass is 9.90. The van der Waals surface area contributed by atoms with Crippen LogP contribution in [0.25, 0.3) is 0 Å². The third-order valence-corrected chi connectivity index (χ3v) is 2.93. The predicted octanol–water partition coefficient (Wildman–Crippen LogP) is 2.47. The van der Waals surface area contributed by atoms with E-state index in [0.717, 1.165) is 11.3 Å². The third-order valence-electron chi connectivity index (χ3n) is 2.93. The lowest BCUT2D eigenvalue weighted by Crippen LogP contribution is -2.27. The van der Waals surface area contributed by atoms with Crippen LogP contribution >= 0.6 is 0 Å². The first-order valence-electron chi connectivity index (χ1n) is 6.53. The molecule has 4 heteroatoms. The van der Waals surface area contributed by atoms with Gasteiger partial charge in [-0.1, -0.05) is 12.1 Å². The Morgan fingerprint density at radius 1 is 1.21 bits per heavy atom. The van der Waals surface area contributed by atoms with Crippen LogP contribution in [0.1, 0.15) is 38.7 Å². The van der Waals surface area contributed by atoms with Crippen LogP contribution < -0.4 is 10.5 Å². The zero-order chi connectivity index (χ0) is 14.4. The Morgan fingerprint density at radius 3 is 2.21 bits per heavy atom. The van der Waals surface area contributed by atoms with E-state index in [1.807, 2.05) is 45.0 Å². The molecule has 2 N–H and O–H groups in total. The van der Waals surface area contributed by atoms with Gasteiger partial charge < -0.3 is 15.2 Å². The van der Waals surface area contributed by atoms with Crippen molar-refractivity contribution in [3.05, 3.63) is 29.8 Å². The number of benzene rings is 1. The smallest absolute Gasteiger partial charge is 0.306 e. The van der Waals surface area contributed by atoms with Crippen molar-refractivity contribution in [2.24, 2.45) is 5.73 Å². The summed E-state index contributed by atoms with van der Waals surface area (Å²) in [5.41, 5.74) is 6.98. The molecule has 0 aliphatic carbocycles. The maximum atomic E-state index is 11.4. The second-order valence-electron chi connectivity index (χ2n) is 4.98. The first-order chi connectivity index (χ1) is 8.93. The van der Waals surface area contributed by atoms with Crippen molar-refractivity contribution < 1.29 is 14.3 Å². The zero-order valence-corrected chi connectivity index (χ0v) is 12.1. The summed E-state index contributed by atoms with van der Waals surface area (Å²) in [5, 5.41) is 0. The minimum atomic E-state index is -0.246. The van der Waals surface area contributed by atoms with Gasteiger partial charge in [0.2, 0.25) is 0 Å². The minimum Gasteiger partial charge on any atom is -0.491 e. The summed E-state index contributed by atoms with van der Waals surface area (Å²) in [5.74, 6) is 0.533. The summed E-state index contributed by atoms with van der Waals surface area (Å²) in [4.78, 5) is 11.4. The minimum absolute atomic E-state index is 0.0412. The number of carbonyl (C=O) groups excluding carboxylic acids is 1. The Balaban J connectivity index is 2.82. The summed E-state index contributed by atoms with van der Waals surface area (Å²) in [7, 11) is 1.39. The van der Waals surface area contributed by atoms with Gasteiger partial charge in [-0.15, -0.1) is 0 Å². The number of nitrogens with two attached hydrogens (primary N) is 1. The van der Waals surface area contributed by atoms with E-state index in [1.54, 1.807) is 0 Å². The highest BCUT2D eigenvalue weighted by atomic mass is 16.5. The lowest BCUT2D eigenvalue weighted by molar-refractivity contribution is -0.141. The lowest BCUT2D eigenvalue weighted by Gasteiger charge is -2.20. The van der Waals surface area contributed by atoms with Crippen molar-refractivity contribution in [2.45, 2.75) is 45.3 Å². The molecule has 19 heavy (non-hydrogen) atoms. The summed E-state index contributed by atoms with van der Waals surface area (Å²) in [6.45, 7) is 5.86. The highest BCUT2D eigenvalue weighted by Gasteiger charge is 2.20. The maximum absolute atomic E-state index is 11.4. The largest absolute Gasteiger partial charge is 0.491 e. The first kappa shape index (κ1) is 15.5. The Bertz CT molecular complexity index is 398. The molecule has 0 bridgehead atoms. The molecule has 0 aliphatic heterocycles. The molecule has 2 atom stereocenters. The van der Waals surface area contributed by atoms with Gasteiger partial charge in [-0.25, -0.2) is 0 Å². The predicted molar refractivity (Wildman–Crippen MR) is 75.2 cm³/mol. The number of carbonyl (C=O) groups is 1. The van der Waals surface area contributed by atoms with E-state index in [2.05, 4.69) is 0 Å². The van der Waals surface area contributed by atoms with E-state index in [0.29, 0.717) is 6.42 Å². The van der Waals surface area contributed by atoms with E-state index in [4.69, 9.17) is 15.2 Å². The summed E-state index contributed by atoms with van der Waals surface area (Å²) in [6, 6.07) is 7.60. The molecule has 106 valence electrons. The van der Waals surface area contributed by atoms with Gasteiger partial charge in [0.15, 0.2) is 0 Å². The molecule has 1 rings (SSSR count). The molecule has 0 saturated heterocycles. The Morgan fingerprint density at radius 2 is 1.79 bits per heavy atom. The van der Waals surface area contributed by atoms with Gasteiger partial charge in [0, 0.05) is 12.0 Å². The number of rotatable bonds is 6. The van der Waals surface area contributed by atoms with Gasteiger partial charge in [-0.2, -0.15) is 0 Å². The molecule has 0 fully saturated rings. The molecule has 0 aromatic heterocycles. The van der Waals surface area contributed by atoms with Crippen molar-refractivity contribution in [1.82, 2.24) is 0 Å². The van der Waals surface area contributed by atoms with Gasteiger partial charge in [-0.05, 0) is 38.5 Å². The molecule has 4 nitrogen and oxygen atoms in total. The monoisotopic (exact) mass is 265 g/mol. The molecule has 1 aromatic carbocycles. The average Bonchev–Trinajstić information content (AvgIpc) is 2.35. The zero-order valence-electron chi connectivity index (χ0n) is 12.1. The number of hydrogen-bond acceptors (Lipinski definition) is 4. The van der Waals surface area contributed by atoms with Crippen LogP contribution in [0, 0.1) is 0 Å². The van der Waals surface area contributed by atoms with Crippen LogP contribution in [0.2, 0.25) is 0 Å². The molecule has 0 heterocycles. The van der Waals surface area contributed by atoms with Crippen molar-refractivity contribution in [2.75, 3.05) is 7.11 Å². The van der Waals surface area contributed by atoms with Crippen molar-refractivity contribution in [3.8, 4) is 5.75 Å². The van der Waals surface area contributed by atoms with E-state index in [-0.39, 0.29) is 24.0 Å². The fourth-order valence-corrected chi connectivity index (χ4v) is 1.94. The second kappa shape index (κ2) is 7.14. The fourth-order valence-electron chi connectivity index (χ4n) is 1.94. The van der Waals surface area contributed by atoms with Gasteiger partial charge >= 0.3 is 5.97 Å². The maximum Gasteiger partial charge on any atom is 0.306 e. The topological polar surface area (TPSA) is 61.5 Å². The normalized spacial score (nSPS) is 14.0. The third kappa shape index (κ3) is 4.91. The summed E-state index contributed by atoms with van der Waals surface area (Å²) < 4.78 is 10.3.